The van der Waals surface area contributed by atoms with E-state index in [-0.39, 0.29) is 23.4 Å². The highest BCUT2D eigenvalue weighted by Gasteiger charge is 2.18. The monoisotopic (exact) mass is 483 g/mol. The first-order valence-electron chi connectivity index (χ1n) is 10.6. The van der Waals surface area contributed by atoms with Crippen molar-refractivity contribution >= 4 is 28.3 Å². The van der Waals surface area contributed by atoms with Crippen LogP contribution in [0.4, 0.5) is 5.13 Å². The molecule has 2 aromatic carbocycles. The summed E-state index contributed by atoms with van der Waals surface area (Å²) in [6, 6.07) is 11.3. The van der Waals surface area contributed by atoms with Crippen molar-refractivity contribution in [3.8, 4) is 28.5 Å². The van der Waals surface area contributed by atoms with Crippen molar-refractivity contribution in [3.63, 3.8) is 0 Å². The Morgan fingerprint density at radius 1 is 0.971 bits per heavy atom. The van der Waals surface area contributed by atoms with Gasteiger partial charge in [0.25, 0.3) is 5.91 Å². The molecule has 0 unspecified atom stereocenters. The lowest BCUT2D eigenvalue weighted by atomic mass is 9.86. The molecule has 0 aliphatic carbocycles. The van der Waals surface area contributed by atoms with Gasteiger partial charge in [0.2, 0.25) is 11.7 Å². The van der Waals surface area contributed by atoms with Crippen molar-refractivity contribution in [1.82, 2.24) is 10.3 Å². The molecule has 0 aliphatic heterocycles. The fourth-order valence-corrected chi connectivity index (χ4v) is 3.98. The zero-order chi connectivity index (χ0) is 24.9. The minimum atomic E-state index is -0.451. The smallest absolute Gasteiger partial charge is 0.251 e. The molecular formula is C25H29N3O5S. The molecule has 1 aromatic heterocycles. The summed E-state index contributed by atoms with van der Waals surface area (Å²) in [5.41, 5.74) is 3.34. The summed E-state index contributed by atoms with van der Waals surface area (Å²) in [6.45, 7) is 6.28. The second-order valence-electron chi connectivity index (χ2n) is 8.51. The predicted molar refractivity (Wildman–Crippen MR) is 133 cm³/mol. The molecule has 8 nitrogen and oxygen atoms in total. The quantitative estimate of drug-likeness (QED) is 0.489. The summed E-state index contributed by atoms with van der Waals surface area (Å²) in [7, 11) is 4.41. The van der Waals surface area contributed by atoms with E-state index in [1.807, 2.05) is 17.5 Å². The average Bonchev–Trinajstić information content (AvgIpc) is 3.29. The molecule has 0 spiro atoms. The van der Waals surface area contributed by atoms with Gasteiger partial charge in [-0.2, -0.15) is 0 Å². The van der Waals surface area contributed by atoms with E-state index in [0.717, 1.165) is 11.3 Å². The summed E-state index contributed by atoms with van der Waals surface area (Å²) >= 11 is 1.32. The van der Waals surface area contributed by atoms with Crippen LogP contribution < -0.4 is 24.8 Å². The van der Waals surface area contributed by atoms with Crippen molar-refractivity contribution in [2.75, 3.05) is 33.2 Å². The molecule has 0 radical (unpaired) electrons. The van der Waals surface area contributed by atoms with Gasteiger partial charge in [-0.25, -0.2) is 4.98 Å². The third-order valence-electron chi connectivity index (χ3n) is 5.13. The van der Waals surface area contributed by atoms with Crippen LogP contribution in [0.25, 0.3) is 11.3 Å². The molecule has 0 saturated heterocycles. The molecule has 1 heterocycles. The van der Waals surface area contributed by atoms with E-state index in [0.29, 0.717) is 22.4 Å². The standard InChI is InChI=1S/C25H29N3O5S/c1-25(2,3)17-9-7-15(8-10-17)18-14-34-24(27-18)28-21(29)13-26-23(30)16-11-19(31-4)22(33-6)20(12-16)32-5/h7-12,14H,13H2,1-6H3,(H,26,30)(H,27,28,29). The van der Waals surface area contributed by atoms with Gasteiger partial charge in [0, 0.05) is 16.5 Å². The third-order valence-corrected chi connectivity index (χ3v) is 5.89. The average molecular weight is 484 g/mol. The molecule has 34 heavy (non-hydrogen) atoms. The lowest BCUT2D eigenvalue weighted by molar-refractivity contribution is -0.115. The molecular weight excluding hydrogens is 454 g/mol. The Kier molecular flexibility index (Phi) is 7.78. The molecule has 0 fully saturated rings. The fourth-order valence-electron chi connectivity index (χ4n) is 3.24. The van der Waals surface area contributed by atoms with E-state index < -0.39 is 5.91 Å². The minimum absolute atomic E-state index is 0.0757. The predicted octanol–water partition coefficient (Wildman–Crippen LogP) is 4.50. The topological polar surface area (TPSA) is 98.8 Å². The molecule has 3 aromatic rings. The van der Waals surface area contributed by atoms with Crippen molar-refractivity contribution in [1.29, 1.82) is 0 Å². The van der Waals surface area contributed by atoms with Gasteiger partial charge in [-0.3, -0.25) is 9.59 Å². The largest absolute Gasteiger partial charge is 0.493 e. The number of anilines is 1. The molecule has 0 saturated carbocycles. The van der Waals surface area contributed by atoms with Gasteiger partial charge in [-0.1, -0.05) is 45.0 Å². The molecule has 0 atom stereocenters. The Labute approximate surface area is 203 Å². The van der Waals surface area contributed by atoms with Crippen molar-refractivity contribution < 1.29 is 23.8 Å². The van der Waals surface area contributed by atoms with E-state index in [1.54, 1.807) is 0 Å². The SMILES string of the molecule is COc1cc(C(=O)NCC(=O)Nc2nc(-c3ccc(C(C)(C)C)cc3)cs2)cc(OC)c1OC. The summed E-state index contributed by atoms with van der Waals surface area (Å²) in [5, 5.41) is 7.66. The third kappa shape index (κ3) is 5.85. The molecule has 9 heteroatoms. The number of ether oxygens (including phenoxy) is 3. The molecule has 180 valence electrons. The zero-order valence-electron chi connectivity index (χ0n) is 20.1. The van der Waals surface area contributed by atoms with Crippen LogP contribution in [0.3, 0.4) is 0 Å². The first-order valence-corrected chi connectivity index (χ1v) is 11.5. The number of aromatic nitrogens is 1. The van der Waals surface area contributed by atoms with Crippen LogP contribution in [0.1, 0.15) is 36.7 Å². The van der Waals surface area contributed by atoms with E-state index >= 15 is 0 Å². The summed E-state index contributed by atoms with van der Waals surface area (Å²) in [5.74, 6) is 0.245. The lowest BCUT2D eigenvalue weighted by Gasteiger charge is -2.18. The Balaban J connectivity index is 1.61. The van der Waals surface area contributed by atoms with Gasteiger partial charge >= 0.3 is 0 Å². The van der Waals surface area contributed by atoms with Crippen LogP contribution in [0.15, 0.2) is 41.8 Å². The number of carbonyl (C=O) groups is 2. The van der Waals surface area contributed by atoms with Crippen molar-refractivity contribution in [2.45, 2.75) is 26.2 Å². The van der Waals surface area contributed by atoms with Crippen molar-refractivity contribution in [2.24, 2.45) is 0 Å². The molecule has 3 rings (SSSR count). The van der Waals surface area contributed by atoms with E-state index in [4.69, 9.17) is 14.2 Å². The number of hydrogen-bond acceptors (Lipinski definition) is 7. The summed E-state index contributed by atoms with van der Waals surface area (Å²) in [4.78, 5) is 29.4. The van der Waals surface area contributed by atoms with E-state index in [2.05, 4.69) is 48.5 Å². The highest BCUT2D eigenvalue weighted by atomic mass is 32.1. The zero-order valence-corrected chi connectivity index (χ0v) is 21.0. The van der Waals surface area contributed by atoms with Crippen LogP contribution >= 0.6 is 11.3 Å². The van der Waals surface area contributed by atoms with Gasteiger partial charge in [0.15, 0.2) is 16.6 Å². The number of hydrogen-bond donors (Lipinski definition) is 2. The number of nitrogens with zero attached hydrogens (tertiary/aromatic N) is 1. The first-order chi connectivity index (χ1) is 16.2. The van der Waals surface area contributed by atoms with E-state index in [9.17, 15) is 9.59 Å². The highest BCUT2D eigenvalue weighted by Crippen LogP contribution is 2.38. The first kappa shape index (κ1) is 25.0. The van der Waals surface area contributed by atoms with Crippen LogP contribution in [-0.2, 0) is 10.2 Å². The van der Waals surface area contributed by atoms with Gasteiger partial charge in [0.1, 0.15) is 0 Å². The number of amides is 2. The van der Waals surface area contributed by atoms with Gasteiger partial charge in [0.05, 0.1) is 33.6 Å². The summed E-state index contributed by atoms with van der Waals surface area (Å²) in [6.07, 6.45) is 0. The number of methoxy groups -OCH3 is 3. The molecule has 0 aliphatic rings. The number of thiazole rings is 1. The second kappa shape index (κ2) is 10.6. The maximum absolute atomic E-state index is 12.6. The van der Waals surface area contributed by atoms with Gasteiger partial charge in [-0.15, -0.1) is 11.3 Å². The summed E-state index contributed by atoms with van der Waals surface area (Å²) < 4.78 is 15.8. The number of benzene rings is 2. The normalized spacial score (nSPS) is 11.0. The lowest BCUT2D eigenvalue weighted by Crippen LogP contribution is -2.32. The number of rotatable bonds is 8. The Bertz CT molecular complexity index is 1140. The number of nitrogens with one attached hydrogen (secondary N) is 2. The van der Waals surface area contributed by atoms with Gasteiger partial charge in [-0.05, 0) is 23.1 Å². The highest BCUT2D eigenvalue weighted by molar-refractivity contribution is 7.14. The molecule has 2 amide bonds. The minimum Gasteiger partial charge on any atom is -0.493 e. The van der Waals surface area contributed by atoms with Crippen molar-refractivity contribution in [3.05, 3.63) is 52.9 Å². The van der Waals surface area contributed by atoms with Crippen LogP contribution in [0.5, 0.6) is 17.2 Å². The van der Waals surface area contributed by atoms with Crippen LogP contribution in [0.2, 0.25) is 0 Å². The Morgan fingerprint density at radius 3 is 2.12 bits per heavy atom. The fraction of sp³-hybridized carbons (Fsp3) is 0.320. The Morgan fingerprint density at radius 2 is 1.59 bits per heavy atom. The molecule has 0 bridgehead atoms. The second-order valence-corrected chi connectivity index (χ2v) is 9.37. The Hall–Kier alpha value is -3.59. The molecule has 2 N–H and O–H groups in total. The maximum atomic E-state index is 12.6. The van der Waals surface area contributed by atoms with Gasteiger partial charge < -0.3 is 24.8 Å². The maximum Gasteiger partial charge on any atom is 0.251 e. The van der Waals surface area contributed by atoms with Crippen LogP contribution in [0, 0.1) is 0 Å². The van der Waals surface area contributed by atoms with Crippen LogP contribution in [-0.4, -0.2) is 44.7 Å². The number of carbonyl (C=O) groups excluding carboxylic acids is 2. The van der Waals surface area contributed by atoms with E-state index in [1.165, 1.54) is 50.4 Å².